The summed E-state index contributed by atoms with van der Waals surface area (Å²) in [6.07, 6.45) is 5.39. The third kappa shape index (κ3) is 4.32. The van der Waals surface area contributed by atoms with Gasteiger partial charge in [-0.1, -0.05) is 36.8 Å². The molecule has 34 heavy (non-hydrogen) atoms. The molecular weight excluding hydrogens is 450 g/mol. The molecule has 4 fully saturated rings. The van der Waals surface area contributed by atoms with Crippen LogP contribution in [0.2, 0.25) is 0 Å². The maximum absolute atomic E-state index is 13.0. The Morgan fingerprint density at radius 2 is 1.76 bits per heavy atom. The number of carbonyl (C=O) groups excluding carboxylic acids is 2. The molecule has 0 radical (unpaired) electrons. The number of halogens is 1. The van der Waals surface area contributed by atoms with Crippen LogP contribution in [0.4, 0.5) is 5.69 Å². The summed E-state index contributed by atoms with van der Waals surface area (Å²) in [5.41, 5.74) is 3.34. The van der Waals surface area contributed by atoms with E-state index in [0.29, 0.717) is 17.3 Å². The van der Waals surface area contributed by atoms with Gasteiger partial charge in [-0.2, -0.15) is 0 Å². The van der Waals surface area contributed by atoms with Crippen LogP contribution < -0.4 is 10.6 Å². The lowest BCUT2D eigenvalue weighted by molar-refractivity contribution is -0.122. The van der Waals surface area contributed by atoms with Crippen LogP contribution in [0.25, 0.3) is 22.1 Å². The summed E-state index contributed by atoms with van der Waals surface area (Å²) in [7, 11) is 0. The molecule has 178 valence electrons. The molecule has 1 aromatic heterocycles. The Balaban J connectivity index is 0.00000241. The summed E-state index contributed by atoms with van der Waals surface area (Å²) in [5, 5.41) is 7.16. The number of fused-ring (bicyclic) bond motifs is 4. The number of carbonyl (C=O) groups is 2. The standard InChI is InChI=1S/C27H29N3O3.ClH/c31-26(18-4-1-5-18)28-21-8-2-6-19(14-21)22-9-3-7-20-15-24(33-25(20)22)27(32)29-23-16-30-12-10-17(23)11-13-30;/h2-3,6-9,14-15,17-18,23H,1,4-5,10-13,16H2,(H,28,31)(H,29,32);1H/t23-;/m0./s1. The Labute approximate surface area is 205 Å². The largest absolute Gasteiger partial charge is 0.450 e. The Kier molecular flexibility index (Phi) is 6.36. The summed E-state index contributed by atoms with van der Waals surface area (Å²) in [4.78, 5) is 27.8. The van der Waals surface area contributed by atoms with Crippen LogP contribution in [0.1, 0.15) is 42.7 Å². The molecule has 0 spiro atoms. The summed E-state index contributed by atoms with van der Waals surface area (Å²) in [6, 6.07) is 15.8. The summed E-state index contributed by atoms with van der Waals surface area (Å²) < 4.78 is 6.11. The first-order chi connectivity index (χ1) is 16.1. The fraction of sp³-hybridized carbons (Fsp3) is 0.407. The molecule has 4 aliphatic rings. The zero-order valence-corrected chi connectivity index (χ0v) is 19.9. The van der Waals surface area contributed by atoms with Crippen molar-refractivity contribution in [2.75, 3.05) is 25.0 Å². The zero-order chi connectivity index (χ0) is 22.4. The van der Waals surface area contributed by atoms with Gasteiger partial charge in [0.1, 0.15) is 5.58 Å². The van der Waals surface area contributed by atoms with Gasteiger partial charge in [0.15, 0.2) is 5.76 Å². The second kappa shape index (κ2) is 9.43. The van der Waals surface area contributed by atoms with Crippen molar-refractivity contribution in [1.82, 2.24) is 10.2 Å². The van der Waals surface area contributed by atoms with Gasteiger partial charge in [-0.05, 0) is 68.5 Å². The van der Waals surface area contributed by atoms with E-state index in [1.807, 2.05) is 48.5 Å². The molecule has 3 aromatic rings. The van der Waals surface area contributed by atoms with Crippen molar-refractivity contribution in [3.8, 4) is 11.1 Å². The van der Waals surface area contributed by atoms with Crippen LogP contribution in [0.3, 0.4) is 0 Å². The molecule has 2 amide bonds. The first-order valence-corrected chi connectivity index (χ1v) is 12.1. The molecule has 4 heterocycles. The smallest absolute Gasteiger partial charge is 0.287 e. The second-order valence-corrected chi connectivity index (χ2v) is 9.75. The minimum atomic E-state index is -0.141. The van der Waals surface area contributed by atoms with Gasteiger partial charge in [-0.3, -0.25) is 9.59 Å². The van der Waals surface area contributed by atoms with Crippen LogP contribution in [0.15, 0.2) is 52.9 Å². The molecular formula is C27H30ClN3O3. The quantitative estimate of drug-likeness (QED) is 0.535. The number of benzene rings is 2. The van der Waals surface area contributed by atoms with Crippen LogP contribution in [-0.2, 0) is 4.79 Å². The number of anilines is 1. The molecule has 7 rings (SSSR count). The minimum Gasteiger partial charge on any atom is -0.450 e. The molecule has 2 aromatic carbocycles. The minimum absolute atomic E-state index is 0. The lowest BCUT2D eigenvalue weighted by Gasteiger charge is -2.44. The number of hydrogen-bond acceptors (Lipinski definition) is 4. The average molecular weight is 480 g/mol. The Morgan fingerprint density at radius 1 is 0.971 bits per heavy atom. The number of rotatable bonds is 5. The third-order valence-corrected chi connectivity index (χ3v) is 7.66. The molecule has 2 N–H and O–H groups in total. The zero-order valence-electron chi connectivity index (χ0n) is 19.1. The van der Waals surface area contributed by atoms with E-state index in [1.165, 1.54) is 0 Å². The molecule has 1 atom stereocenters. The van der Waals surface area contributed by atoms with Crippen LogP contribution in [0, 0.1) is 11.8 Å². The lowest BCUT2D eigenvalue weighted by atomic mass is 9.84. The van der Waals surface area contributed by atoms with Gasteiger partial charge in [0.05, 0.1) is 0 Å². The number of nitrogens with one attached hydrogen (secondary N) is 2. The number of nitrogens with zero attached hydrogens (tertiary/aromatic N) is 1. The normalized spacial score (nSPS) is 23.7. The highest BCUT2D eigenvalue weighted by Crippen LogP contribution is 2.34. The molecule has 0 unspecified atom stereocenters. The van der Waals surface area contributed by atoms with Crippen LogP contribution in [-0.4, -0.2) is 42.4 Å². The van der Waals surface area contributed by atoms with Crippen molar-refractivity contribution in [3.05, 3.63) is 54.3 Å². The van der Waals surface area contributed by atoms with Gasteiger partial charge in [0.25, 0.3) is 5.91 Å². The molecule has 3 saturated heterocycles. The van der Waals surface area contributed by atoms with Gasteiger partial charge in [0.2, 0.25) is 5.91 Å². The highest BCUT2D eigenvalue weighted by molar-refractivity contribution is 6.01. The van der Waals surface area contributed by atoms with Crippen LogP contribution >= 0.6 is 12.4 Å². The third-order valence-electron chi connectivity index (χ3n) is 7.66. The van der Waals surface area contributed by atoms with Crippen LogP contribution in [0.5, 0.6) is 0 Å². The predicted octanol–water partition coefficient (Wildman–Crippen LogP) is 5.08. The van der Waals surface area contributed by atoms with Crippen molar-refractivity contribution in [2.45, 2.75) is 38.1 Å². The van der Waals surface area contributed by atoms with Gasteiger partial charge in [0, 0.05) is 35.1 Å². The lowest BCUT2D eigenvalue weighted by Crippen LogP contribution is -2.57. The van der Waals surface area contributed by atoms with E-state index in [1.54, 1.807) is 0 Å². The maximum Gasteiger partial charge on any atom is 0.287 e. The monoisotopic (exact) mass is 479 g/mol. The van der Waals surface area contributed by atoms with Gasteiger partial charge in [-0.15, -0.1) is 12.4 Å². The Bertz CT molecular complexity index is 1210. The summed E-state index contributed by atoms with van der Waals surface area (Å²) in [5.74, 6) is 1.01. The van der Waals surface area contributed by atoms with Crippen molar-refractivity contribution in [3.63, 3.8) is 0 Å². The number of hydrogen-bond donors (Lipinski definition) is 2. The first kappa shape index (κ1) is 22.9. The molecule has 3 aliphatic heterocycles. The summed E-state index contributed by atoms with van der Waals surface area (Å²) in [6.45, 7) is 3.22. The second-order valence-electron chi connectivity index (χ2n) is 9.75. The fourth-order valence-electron chi connectivity index (χ4n) is 5.45. The van der Waals surface area contributed by atoms with E-state index in [0.717, 1.165) is 73.9 Å². The van der Waals surface area contributed by atoms with E-state index >= 15 is 0 Å². The van der Waals surface area contributed by atoms with E-state index in [9.17, 15) is 9.59 Å². The van der Waals surface area contributed by atoms with Gasteiger partial charge < -0.3 is 20.0 Å². The number of furan rings is 1. The molecule has 2 bridgehead atoms. The molecule has 7 heteroatoms. The highest BCUT2D eigenvalue weighted by atomic mass is 35.5. The van der Waals surface area contributed by atoms with E-state index in [-0.39, 0.29) is 36.2 Å². The molecule has 1 aliphatic carbocycles. The van der Waals surface area contributed by atoms with Crippen molar-refractivity contribution in [1.29, 1.82) is 0 Å². The van der Waals surface area contributed by atoms with Gasteiger partial charge >= 0.3 is 0 Å². The van der Waals surface area contributed by atoms with Crippen molar-refractivity contribution in [2.24, 2.45) is 11.8 Å². The highest BCUT2D eigenvalue weighted by Gasteiger charge is 2.35. The predicted molar refractivity (Wildman–Crippen MR) is 135 cm³/mol. The Morgan fingerprint density at radius 3 is 2.47 bits per heavy atom. The number of para-hydroxylation sites is 1. The number of piperidine rings is 3. The average Bonchev–Trinajstić information content (AvgIpc) is 3.23. The molecule has 1 saturated carbocycles. The van der Waals surface area contributed by atoms with E-state index < -0.39 is 0 Å². The summed E-state index contributed by atoms with van der Waals surface area (Å²) >= 11 is 0. The first-order valence-electron chi connectivity index (χ1n) is 12.1. The molecule has 6 nitrogen and oxygen atoms in total. The Hall–Kier alpha value is -2.83. The van der Waals surface area contributed by atoms with E-state index in [2.05, 4.69) is 15.5 Å². The topological polar surface area (TPSA) is 74.6 Å². The van der Waals surface area contributed by atoms with Crippen molar-refractivity contribution >= 4 is 40.9 Å². The van der Waals surface area contributed by atoms with Crippen molar-refractivity contribution < 1.29 is 14.0 Å². The fourth-order valence-corrected chi connectivity index (χ4v) is 5.45. The maximum atomic E-state index is 13.0. The van der Waals surface area contributed by atoms with Gasteiger partial charge in [-0.25, -0.2) is 0 Å². The SMILES string of the molecule is Cl.O=C(N[C@H]1CN2CCC1CC2)c1cc2cccc(-c3cccc(NC(=O)C4CCC4)c3)c2o1. The number of amides is 2. The van der Waals surface area contributed by atoms with E-state index in [4.69, 9.17) is 4.42 Å².